The molecule has 94 valence electrons. The molecule has 0 aromatic carbocycles. The van der Waals surface area contributed by atoms with Gasteiger partial charge in [-0.1, -0.05) is 24.4 Å². The Labute approximate surface area is 116 Å². The number of halogens is 1. The first-order valence-electron chi connectivity index (χ1n) is 5.75. The van der Waals surface area contributed by atoms with Crippen LogP contribution in [-0.4, -0.2) is 6.04 Å². The average Bonchev–Trinajstić information content (AvgIpc) is 3.02. The molecular formula is C14H14ClNOS. The monoisotopic (exact) mass is 279 g/mol. The third-order valence-electron chi connectivity index (χ3n) is 2.68. The molecule has 4 heteroatoms. The highest BCUT2D eigenvalue weighted by Gasteiger charge is 2.20. The van der Waals surface area contributed by atoms with E-state index in [0.29, 0.717) is 0 Å². The quantitative estimate of drug-likeness (QED) is 0.834. The zero-order valence-corrected chi connectivity index (χ0v) is 11.6. The van der Waals surface area contributed by atoms with Crippen molar-refractivity contribution in [2.24, 2.45) is 0 Å². The Hall–Kier alpha value is -1.21. The van der Waals surface area contributed by atoms with Gasteiger partial charge in [0.2, 0.25) is 0 Å². The van der Waals surface area contributed by atoms with Gasteiger partial charge in [-0.25, -0.2) is 0 Å². The lowest BCUT2D eigenvalue weighted by Gasteiger charge is -2.19. The second-order valence-electron chi connectivity index (χ2n) is 3.88. The zero-order valence-electron chi connectivity index (χ0n) is 10.0. The van der Waals surface area contributed by atoms with Crippen molar-refractivity contribution in [3.05, 3.63) is 45.5 Å². The van der Waals surface area contributed by atoms with Gasteiger partial charge in [-0.15, -0.1) is 17.8 Å². The molecule has 2 rings (SSSR count). The average molecular weight is 280 g/mol. The van der Waals surface area contributed by atoms with Crippen LogP contribution in [0.3, 0.4) is 0 Å². The maximum absolute atomic E-state index is 5.99. The predicted molar refractivity (Wildman–Crippen MR) is 75.9 cm³/mol. The number of furan rings is 1. The number of hydrogen-bond donors (Lipinski definition) is 1. The molecule has 18 heavy (non-hydrogen) atoms. The third kappa shape index (κ3) is 2.97. The molecule has 0 aliphatic rings. The van der Waals surface area contributed by atoms with Crippen LogP contribution >= 0.6 is 22.9 Å². The van der Waals surface area contributed by atoms with E-state index in [0.717, 1.165) is 21.4 Å². The van der Waals surface area contributed by atoms with Crippen LogP contribution in [0.5, 0.6) is 0 Å². The molecule has 0 amide bonds. The molecule has 0 bridgehead atoms. The van der Waals surface area contributed by atoms with Crippen LogP contribution < -0.4 is 5.32 Å². The minimum atomic E-state index is -0.0431. The van der Waals surface area contributed by atoms with E-state index in [1.165, 1.54) is 11.3 Å². The fraction of sp³-hybridized carbons (Fsp3) is 0.286. The van der Waals surface area contributed by atoms with Crippen LogP contribution in [0.1, 0.15) is 30.0 Å². The molecule has 2 aromatic rings. The second kappa shape index (κ2) is 6.10. The summed E-state index contributed by atoms with van der Waals surface area (Å²) in [6.07, 6.45) is 8.03. The van der Waals surface area contributed by atoms with Gasteiger partial charge in [0.15, 0.2) is 0 Å². The fourth-order valence-corrected chi connectivity index (χ4v) is 2.86. The highest BCUT2D eigenvalue weighted by atomic mass is 35.5. The van der Waals surface area contributed by atoms with Gasteiger partial charge in [0.05, 0.1) is 16.6 Å². The van der Waals surface area contributed by atoms with Crippen LogP contribution in [-0.2, 0) is 0 Å². The van der Waals surface area contributed by atoms with Gasteiger partial charge in [0.1, 0.15) is 11.8 Å². The molecule has 0 fully saturated rings. The van der Waals surface area contributed by atoms with E-state index in [2.05, 4.69) is 18.2 Å². The summed E-state index contributed by atoms with van der Waals surface area (Å²) < 4.78 is 6.24. The van der Waals surface area contributed by atoms with Crippen molar-refractivity contribution in [1.29, 1.82) is 0 Å². The lowest BCUT2D eigenvalue weighted by molar-refractivity contribution is 0.431. The topological polar surface area (TPSA) is 25.2 Å². The maximum Gasteiger partial charge on any atom is 0.126 e. The minimum absolute atomic E-state index is 0.0148. The van der Waals surface area contributed by atoms with Crippen LogP contribution in [0.4, 0.5) is 0 Å². The van der Waals surface area contributed by atoms with Crippen molar-refractivity contribution in [3.63, 3.8) is 0 Å². The van der Waals surface area contributed by atoms with Crippen molar-refractivity contribution in [2.75, 3.05) is 0 Å². The highest BCUT2D eigenvalue weighted by Crippen LogP contribution is 2.31. The summed E-state index contributed by atoms with van der Waals surface area (Å²) in [5.41, 5.74) is 0. The first-order valence-corrected chi connectivity index (χ1v) is 6.94. The lowest BCUT2D eigenvalue weighted by Crippen LogP contribution is -2.31. The van der Waals surface area contributed by atoms with E-state index in [1.54, 1.807) is 6.26 Å². The Balaban J connectivity index is 2.27. The summed E-state index contributed by atoms with van der Waals surface area (Å²) in [6.45, 7) is 2.05. The normalized spacial score (nSPS) is 14.1. The van der Waals surface area contributed by atoms with E-state index in [-0.39, 0.29) is 12.1 Å². The summed E-state index contributed by atoms with van der Waals surface area (Å²) in [7, 11) is 0. The maximum atomic E-state index is 5.99. The van der Waals surface area contributed by atoms with Gasteiger partial charge in [0.25, 0.3) is 0 Å². The molecule has 2 unspecified atom stereocenters. The highest BCUT2D eigenvalue weighted by molar-refractivity contribution is 7.16. The summed E-state index contributed by atoms with van der Waals surface area (Å²) in [4.78, 5) is 1.10. The van der Waals surface area contributed by atoms with Crippen molar-refractivity contribution in [2.45, 2.75) is 25.4 Å². The van der Waals surface area contributed by atoms with Gasteiger partial charge in [-0.3, -0.25) is 5.32 Å². The van der Waals surface area contributed by atoms with Crippen molar-refractivity contribution >= 4 is 22.9 Å². The Kier molecular flexibility index (Phi) is 4.48. The molecular weight excluding hydrogens is 266 g/mol. The summed E-state index contributed by atoms with van der Waals surface area (Å²) in [6, 6.07) is 7.66. The van der Waals surface area contributed by atoms with Crippen LogP contribution in [0.15, 0.2) is 34.9 Å². The second-order valence-corrected chi connectivity index (χ2v) is 5.63. The molecule has 0 aliphatic heterocycles. The van der Waals surface area contributed by atoms with Gasteiger partial charge >= 0.3 is 0 Å². The molecule has 0 radical (unpaired) electrons. The number of rotatable bonds is 5. The first-order chi connectivity index (χ1) is 8.74. The van der Waals surface area contributed by atoms with Crippen molar-refractivity contribution in [3.8, 4) is 12.3 Å². The largest absolute Gasteiger partial charge is 0.467 e. The molecule has 1 N–H and O–H groups in total. The Morgan fingerprint density at radius 2 is 2.33 bits per heavy atom. The standard InChI is InChI=1S/C14H14ClNOS/c1-3-10(4-2)16-14(11-6-5-9-17-11)12-7-8-13(15)18-12/h1,5-10,14,16H,4H2,2H3. The van der Waals surface area contributed by atoms with Crippen molar-refractivity contribution in [1.82, 2.24) is 5.32 Å². The Bertz CT molecular complexity index is 526. The van der Waals surface area contributed by atoms with Crippen LogP contribution in [0.2, 0.25) is 4.34 Å². The minimum Gasteiger partial charge on any atom is -0.467 e. The lowest BCUT2D eigenvalue weighted by atomic mass is 10.1. The van der Waals surface area contributed by atoms with E-state index >= 15 is 0 Å². The first kappa shape index (κ1) is 13.2. The van der Waals surface area contributed by atoms with Gasteiger partial charge in [-0.05, 0) is 30.7 Å². The molecule has 2 nitrogen and oxygen atoms in total. The van der Waals surface area contributed by atoms with E-state index in [1.807, 2.05) is 24.3 Å². The zero-order chi connectivity index (χ0) is 13.0. The fourth-order valence-electron chi connectivity index (χ4n) is 1.73. The SMILES string of the molecule is C#CC(CC)NC(c1ccco1)c1ccc(Cl)s1. The molecule has 2 aromatic heterocycles. The summed E-state index contributed by atoms with van der Waals surface area (Å²) >= 11 is 7.52. The van der Waals surface area contributed by atoms with Gasteiger partial charge in [-0.2, -0.15) is 0 Å². The molecule has 0 saturated heterocycles. The van der Waals surface area contributed by atoms with Crippen molar-refractivity contribution < 1.29 is 4.42 Å². The number of terminal acetylenes is 1. The van der Waals surface area contributed by atoms with Gasteiger partial charge < -0.3 is 4.42 Å². The smallest absolute Gasteiger partial charge is 0.126 e. The van der Waals surface area contributed by atoms with Gasteiger partial charge in [0, 0.05) is 4.88 Å². The molecule has 0 spiro atoms. The van der Waals surface area contributed by atoms with Crippen LogP contribution in [0.25, 0.3) is 0 Å². The van der Waals surface area contributed by atoms with Crippen LogP contribution in [0, 0.1) is 12.3 Å². The summed E-state index contributed by atoms with van der Waals surface area (Å²) in [5, 5.41) is 3.41. The Morgan fingerprint density at radius 3 is 2.83 bits per heavy atom. The molecule has 2 atom stereocenters. The molecule has 2 heterocycles. The van der Waals surface area contributed by atoms with E-state index in [9.17, 15) is 0 Å². The van der Waals surface area contributed by atoms with E-state index in [4.69, 9.17) is 22.4 Å². The molecule has 0 saturated carbocycles. The number of thiophene rings is 1. The predicted octanol–water partition coefficient (Wildman–Crippen LogP) is 4.09. The number of hydrogen-bond acceptors (Lipinski definition) is 3. The van der Waals surface area contributed by atoms with E-state index < -0.39 is 0 Å². The number of nitrogens with one attached hydrogen (secondary N) is 1. The Morgan fingerprint density at radius 1 is 1.50 bits per heavy atom. The molecule has 0 aliphatic carbocycles. The third-order valence-corrected chi connectivity index (χ3v) is 3.98. The summed E-state index contributed by atoms with van der Waals surface area (Å²) in [5.74, 6) is 3.59.